The van der Waals surface area contributed by atoms with Gasteiger partial charge < -0.3 is 19.6 Å². The normalized spacial score (nSPS) is 21.7. The molecule has 3 aromatic rings. The van der Waals surface area contributed by atoms with Crippen LogP contribution in [0.1, 0.15) is 51.3 Å². The number of amides is 2. The van der Waals surface area contributed by atoms with Gasteiger partial charge in [0.25, 0.3) is 0 Å². The van der Waals surface area contributed by atoms with E-state index in [1.807, 2.05) is 9.80 Å². The summed E-state index contributed by atoms with van der Waals surface area (Å²) in [6.07, 6.45) is 6.24. The fraction of sp³-hybridized carbons (Fsp3) is 0.562. The lowest BCUT2D eigenvalue weighted by Crippen LogP contribution is -2.55. The molecule has 3 fully saturated rings. The van der Waals surface area contributed by atoms with Crippen molar-refractivity contribution in [3.05, 3.63) is 40.7 Å². The van der Waals surface area contributed by atoms with Crippen LogP contribution in [0.4, 0.5) is 5.82 Å². The molecule has 5 heterocycles. The number of nitrogens with one attached hydrogen (secondary N) is 1. The standard InChI is InChI=1S/C32H42Cl2N8O2/c1-6-26(43)39-10-8-22(9-11-39)42-20(2)27(28-23-19-35-36-25(23)17-24(33)29(28)34)30(37-42)41-12-7-21(18-32(41,3)4)31(44)40-15-13-38(5)14-16-40/h6,17,19,21-22H,1,7-16,18H2,2-5H3,(H,35,36). The number of nitrogens with zero attached hydrogens (tertiary/aromatic N) is 7. The van der Waals surface area contributed by atoms with E-state index in [0.29, 0.717) is 29.7 Å². The van der Waals surface area contributed by atoms with Gasteiger partial charge in [0, 0.05) is 79.5 Å². The highest BCUT2D eigenvalue weighted by Gasteiger charge is 2.42. The van der Waals surface area contributed by atoms with E-state index >= 15 is 0 Å². The van der Waals surface area contributed by atoms with E-state index in [1.54, 1.807) is 12.3 Å². The third-order valence-corrected chi connectivity index (χ3v) is 10.7. The maximum absolute atomic E-state index is 13.6. The summed E-state index contributed by atoms with van der Waals surface area (Å²) in [6, 6.07) is 1.93. The number of fused-ring (bicyclic) bond motifs is 1. The fourth-order valence-corrected chi connectivity index (χ4v) is 7.82. The van der Waals surface area contributed by atoms with E-state index in [4.69, 9.17) is 28.3 Å². The number of hydrogen-bond donors (Lipinski definition) is 1. The summed E-state index contributed by atoms with van der Waals surface area (Å²) in [5.41, 5.74) is 3.20. The number of likely N-dealkylation sites (tertiary alicyclic amines) is 1. The first-order valence-corrected chi connectivity index (χ1v) is 16.3. The van der Waals surface area contributed by atoms with Crippen LogP contribution in [-0.2, 0) is 9.59 Å². The highest BCUT2D eigenvalue weighted by molar-refractivity contribution is 6.45. The van der Waals surface area contributed by atoms with Crippen molar-refractivity contribution in [3.8, 4) is 11.1 Å². The number of aromatic nitrogens is 4. The number of anilines is 1. The summed E-state index contributed by atoms with van der Waals surface area (Å²) < 4.78 is 2.13. The van der Waals surface area contributed by atoms with Crippen molar-refractivity contribution in [1.29, 1.82) is 0 Å². The number of likely N-dealkylation sites (N-methyl/N-ethyl adjacent to an activating group) is 1. The Kier molecular flexibility index (Phi) is 8.45. The number of aromatic amines is 1. The van der Waals surface area contributed by atoms with Gasteiger partial charge in [-0.1, -0.05) is 29.8 Å². The number of hydrogen-bond acceptors (Lipinski definition) is 6. The molecule has 1 atom stereocenters. The second kappa shape index (κ2) is 12.0. The van der Waals surface area contributed by atoms with E-state index < -0.39 is 0 Å². The molecule has 0 bridgehead atoms. The predicted octanol–water partition coefficient (Wildman–Crippen LogP) is 5.16. The predicted molar refractivity (Wildman–Crippen MR) is 175 cm³/mol. The molecule has 0 aliphatic carbocycles. The third-order valence-electron chi connectivity index (χ3n) is 9.91. The molecule has 236 valence electrons. The molecule has 3 saturated heterocycles. The number of rotatable bonds is 5. The topological polar surface area (TPSA) is 93.6 Å². The number of H-pyrrole nitrogens is 1. The number of halogens is 2. The van der Waals surface area contributed by atoms with Gasteiger partial charge in [-0.05, 0) is 65.6 Å². The van der Waals surface area contributed by atoms with Gasteiger partial charge in [-0.25, -0.2) is 0 Å². The number of piperazine rings is 1. The number of piperidine rings is 2. The average Bonchev–Trinajstić information content (AvgIpc) is 3.61. The lowest BCUT2D eigenvalue weighted by Gasteiger charge is -2.47. The summed E-state index contributed by atoms with van der Waals surface area (Å²) in [4.78, 5) is 34.4. The van der Waals surface area contributed by atoms with Crippen LogP contribution in [0.15, 0.2) is 24.9 Å². The molecule has 12 heteroatoms. The van der Waals surface area contributed by atoms with E-state index in [1.165, 1.54) is 6.08 Å². The van der Waals surface area contributed by atoms with Gasteiger partial charge in [0.05, 0.1) is 27.8 Å². The van der Waals surface area contributed by atoms with Crippen LogP contribution in [0.3, 0.4) is 0 Å². The summed E-state index contributed by atoms with van der Waals surface area (Å²) in [5, 5.41) is 14.5. The Labute approximate surface area is 268 Å². The van der Waals surface area contributed by atoms with Crippen molar-refractivity contribution in [2.24, 2.45) is 5.92 Å². The Bertz CT molecular complexity index is 1580. The first kappa shape index (κ1) is 30.9. The zero-order chi connectivity index (χ0) is 31.3. The fourth-order valence-electron chi connectivity index (χ4n) is 7.37. The summed E-state index contributed by atoms with van der Waals surface area (Å²) in [7, 11) is 2.11. The maximum Gasteiger partial charge on any atom is 0.245 e. The quantitative estimate of drug-likeness (QED) is 0.387. The smallest absolute Gasteiger partial charge is 0.245 e. The summed E-state index contributed by atoms with van der Waals surface area (Å²) >= 11 is 13.7. The molecular formula is C32H42Cl2N8O2. The van der Waals surface area contributed by atoms with Crippen molar-refractivity contribution in [2.45, 2.75) is 58.0 Å². The van der Waals surface area contributed by atoms with E-state index in [2.05, 4.69) is 59.1 Å². The molecule has 6 rings (SSSR count). The highest BCUT2D eigenvalue weighted by atomic mass is 35.5. The van der Waals surface area contributed by atoms with Crippen LogP contribution in [0, 0.1) is 12.8 Å². The summed E-state index contributed by atoms with van der Waals surface area (Å²) in [6.45, 7) is 15.6. The minimum Gasteiger partial charge on any atom is -0.349 e. The van der Waals surface area contributed by atoms with Crippen LogP contribution < -0.4 is 4.90 Å². The van der Waals surface area contributed by atoms with Crippen LogP contribution in [0.25, 0.3) is 22.0 Å². The minimum absolute atomic E-state index is 0.0293. The van der Waals surface area contributed by atoms with Crippen molar-refractivity contribution in [1.82, 2.24) is 34.7 Å². The molecule has 0 radical (unpaired) electrons. The van der Waals surface area contributed by atoms with Crippen molar-refractivity contribution < 1.29 is 9.59 Å². The highest BCUT2D eigenvalue weighted by Crippen LogP contribution is 2.48. The Morgan fingerprint density at radius 3 is 2.39 bits per heavy atom. The number of benzene rings is 1. The molecule has 0 saturated carbocycles. The molecule has 1 N–H and O–H groups in total. The molecule has 10 nitrogen and oxygen atoms in total. The van der Waals surface area contributed by atoms with Gasteiger partial charge in [-0.15, -0.1) is 0 Å². The van der Waals surface area contributed by atoms with Gasteiger partial charge in [0.2, 0.25) is 11.8 Å². The molecule has 2 aromatic heterocycles. The second-order valence-corrected chi connectivity index (χ2v) is 13.9. The van der Waals surface area contributed by atoms with Crippen LogP contribution in [0.5, 0.6) is 0 Å². The van der Waals surface area contributed by atoms with Crippen molar-refractivity contribution in [3.63, 3.8) is 0 Å². The maximum atomic E-state index is 13.6. The second-order valence-electron chi connectivity index (χ2n) is 13.2. The molecule has 3 aliphatic heterocycles. The minimum atomic E-state index is -0.341. The monoisotopic (exact) mass is 640 g/mol. The molecule has 3 aliphatic rings. The largest absolute Gasteiger partial charge is 0.349 e. The molecule has 2 amide bonds. The Morgan fingerprint density at radius 1 is 1.02 bits per heavy atom. The SMILES string of the molecule is C=CC(=O)N1CCC(n2nc(N3CCC(C(=O)N4CCN(C)CC4)CC3(C)C)c(-c3c(Cl)c(Cl)cc4[nH]ncc34)c2C)CC1. The van der Waals surface area contributed by atoms with Gasteiger partial charge in [0.15, 0.2) is 5.82 Å². The molecule has 44 heavy (non-hydrogen) atoms. The van der Waals surface area contributed by atoms with E-state index in [0.717, 1.165) is 85.4 Å². The number of carbonyl (C=O) groups excluding carboxylic acids is 2. The summed E-state index contributed by atoms with van der Waals surface area (Å²) in [5.74, 6) is 1.05. The molecule has 0 spiro atoms. The third kappa shape index (κ3) is 5.49. The lowest BCUT2D eigenvalue weighted by atomic mass is 9.81. The Balaban J connectivity index is 1.38. The zero-order valence-electron chi connectivity index (χ0n) is 26.1. The van der Waals surface area contributed by atoms with Crippen molar-refractivity contribution >= 4 is 51.7 Å². The van der Waals surface area contributed by atoms with E-state index in [9.17, 15) is 9.59 Å². The van der Waals surface area contributed by atoms with Crippen LogP contribution in [-0.4, -0.2) is 105 Å². The Morgan fingerprint density at radius 2 is 1.73 bits per heavy atom. The van der Waals surface area contributed by atoms with Gasteiger partial charge in [-0.2, -0.15) is 10.2 Å². The van der Waals surface area contributed by atoms with Gasteiger partial charge >= 0.3 is 0 Å². The first-order chi connectivity index (χ1) is 21.0. The van der Waals surface area contributed by atoms with Crippen LogP contribution >= 0.6 is 23.2 Å². The van der Waals surface area contributed by atoms with Crippen molar-refractivity contribution in [2.75, 3.05) is 57.8 Å². The van der Waals surface area contributed by atoms with Crippen LogP contribution in [0.2, 0.25) is 10.0 Å². The molecule has 1 aromatic carbocycles. The average molecular weight is 642 g/mol. The van der Waals surface area contributed by atoms with Gasteiger partial charge in [-0.3, -0.25) is 19.4 Å². The molecule has 1 unspecified atom stereocenters. The Hall–Kier alpha value is -3.08. The van der Waals surface area contributed by atoms with E-state index in [-0.39, 0.29) is 29.3 Å². The lowest BCUT2D eigenvalue weighted by molar-refractivity contribution is -0.138. The molecular weight excluding hydrogens is 599 g/mol. The zero-order valence-corrected chi connectivity index (χ0v) is 27.6. The number of carbonyl (C=O) groups is 2. The van der Waals surface area contributed by atoms with Gasteiger partial charge in [0.1, 0.15) is 0 Å². The first-order valence-electron chi connectivity index (χ1n) is 15.6.